The van der Waals surface area contributed by atoms with Crippen LogP contribution in [0.5, 0.6) is 0 Å². The molecule has 0 atom stereocenters. The van der Waals surface area contributed by atoms with Crippen molar-refractivity contribution in [1.29, 1.82) is 0 Å². The van der Waals surface area contributed by atoms with Gasteiger partial charge in [0.05, 0.1) is 10.6 Å². The van der Waals surface area contributed by atoms with E-state index in [0.29, 0.717) is 17.1 Å². The van der Waals surface area contributed by atoms with Crippen LogP contribution in [0, 0.1) is 6.92 Å². The van der Waals surface area contributed by atoms with Crippen molar-refractivity contribution in [2.24, 2.45) is 0 Å². The smallest absolute Gasteiger partial charge is 0.252 e. The fourth-order valence-electron chi connectivity index (χ4n) is 1.20. The van der Waals surface area contributed by atoms with Crippen molar-refractivity contribution in [3.63, 3.8) is 0 Å². The second-order valence-corrected chi connectivity index (χ2v) is 3.75. The second-order valence-electron chi connectivity index (χ2n) is 3.34. The average Bonchev–Trinajstić information content (AvgIpc) is 2.17. The summed E-state index contributed by atoms with van der Waals surface area (Å²) >= 11 is 5.96. The van der Waals surface area contributed by atoms with E-state index in [4.69, 9.17) is 11.6 Å². The normalized spacial score (nSPS) is 9.44. The summed E-state index contributed by atoms with van der Waals surface area (Å²) in [4.78, 5) is 11.6. The molecule has 0 bridgehead atoms. The summed E-state index contributed by atoms with van der Waals surface area (Å²) in [5.41, 5.74) is 1.57. The van der Waals surface area contributed by atoms with Gasteiger partial charge in [-0.15, -0.1) is 12.4 Å². The standard InChI is InChI=1S/C11H15ClN2O.ClH/c1-8-3-4-9(10(12)7-8)11(15)14-6-5-13-2;/h3-4,7,13H,5-6H2,1-2H3,(H,14,15);1H. The van der Waals surface area contributed by atoms with Crippen molar-refractivity contribution < 1.29 is 4.79 Å². The molecule has 90 valence electrons. The van der Waals surface area contributed by atoms with Gasteiger partial charge in [-0.3, -0.25) is 4.79 Å². The van der Waals surface area contributed by atoms with Crippen LogP contribution in [0.3, 0.4) is 0 Å². The molecule has 0 aliphatic heterocycles. The number of hydrogen-bond acceptors (Lipinski definition) is 2. The van der Waals surface area contributed by atoms with E-state index in [2.05, 4.69) is 10.6 Å². The van der Waals surface area contributed by atoms with E-state index in [1.165, 1.54) is 0 Å². The van der Waals surface area contributed by atoms with E-state index in [9.17, 15) is 4.79 Å². The molecule has 16 heavy (non-hydrogen) atoms. The average molecular weight is 263 g/mol. The van der Waals surface area contributed by atoms with Gasteiger partial charge in [0.2, 0.25) is 0 Å². The Balaban J connectivity index is 0.00000225. The van der Waals surface area contributed by atoms with Crippen molar-refractivity contribution in [2.75, 3.05) is 20.1 Å². The van der Waals surface area contributed by atoms with Gasteiger partial charge in [-0.05, 0) is 31.7 Å². The maximum Gasteiger partial charge on any atom is 0.252 e. The highest BCUT2D eigenvalue weighted by Crippen LogP contribution is 2.17. The van der Waals surface area contributed by atoms with Crippen LogP contribution in [-0.2, 0) is 0 Å². The molecule has 1 aromatic carbocycles. The number of nitrogens with one attached hydrogen (secondary N) is 2. The summed E-state index contributed by atoms with van der Waals surface area (Å²) in [5.74, 6) is -0.129. The number of aryl methyl sites for hydroxylation is 1. The number of rotatable bonds is 4. The number of halogens is 2. The molecule has 0 saturated carbocycles. The highest BCUT2D eigenvalue weighted by Gasteiger charge is 2.08. The van der Waals surface area contributed by atoms with Crippen molar-refractivity contribution in [3.05, 3.63) is 34.3 Å². The zero-order valence-electron chi connectivity index (χ0n) is 9.34. The molecule has 5 heteroatoms. The monoisotopic (exact) mass is 262 g/mol. The van der Waals surface area contributed by atoms with Crippen LogP contribution in [0.4, 0.5) is 0 Å². The second kappa shape index (κ2) is 7.49. The molecule has 0 heterocycles. The minimum atomic E-state index is -0.129. The Morgan fingerprint density at radius 2 is 2.06 bits per heavy atom. The third-order valence-corrected chi connectivity index (χ3v) is 2.34. The van der Waals surface area contributed by atoms with Crippen LogP contribution in [0.25, 0.3) is 0 Å². The first-order valence-corrected chi connectivity index (χ1v) is 5.22. The lowest BCUT2D eigenvalue weighted by Crippen LogP contribution is -2.30. The van der Waals surface area contributed by atoms with Gasteiger partial charge < -0.3 is 10.6 Å². The predicted octanol–water partition coefficient (Wildman–Crippen LogP) is 2.02. The number of likely N-dealkylation sites (N-methyl/N-ethyl adjacent to an activating group) is 1. The van der Waals surface area contributed by atoms with Gasteiger partial charge >= 0.3 is 0 Å². The zero-order valence-corrected chi connectivity index (χ0v) is 10.9. The molecule has 0 saturated heterocycles. The highest BCUT2D eigenvalue weighted by molar-refractivity contribution is 6.33. The van der Waals surface area contributed by atoms with Crippen molar-refractivity contribution in [3.8, 4) is 0 Å². The summed E-state index contributed by atoms with van der Waals surface area (Å²) in [6, 6.07) is 5.40. The fourth-order valence-corrected chi connectivity index (χ4v) is 1.52. The van der Waals surface area contributed by atoms with E-state index < -0.39 is 0 Å². The quantitative estimate of drug-likeness (QED) is 0.816. The molecule has 1 rings (SSSR count). The lowest BCUT2D eigenvalue weighted by atomic mass is 10.1. The predicted molar refractivity (Wildman–Crippen MR) is 69.7 cm³/mol. The number of hydrogen-bond donors (Lipinski definition) is 2. The number of benzene rings is 1. The first kappa shape index (κ1) is 15.2. The third-order valence-electron chi connectivity index (χ3n) is 2.03. The van der Waals surface area contributed by atoms with Gasteiger partial charge in [-0.25, -0.2) is 0 Å². The topological polar surface area (TPSA) is 41.1 Å². The Hall–Kier alpha value is -0.770. The summed E-state index contributed by atoms with van der Waals surface area (Å²) < 4.78 is 0. The Morgan fingerprint density at radius 3 is 2.62 bits per heavy atom. The number of carbonyl (C=O) groups is 1. The minimum absolute atomic E-state index is 0. The van der Waals surface area contributed by atoms with E-state index in [-0.39, 0.29) is 18.3 Å². The van der Waals surface area contributed by atoms with Crippen LogP contribution >= 0.6 is 24.0 Å². The lowest BCUT2D eigenvalue weighted by Gasteiger charge is -2.06. The molecule has 0 fully saturated rings. The first-order valence-electron chi connectivity index (χ1n) is 4.84. The summed E-state index contributed by atoms with van der Waals surface area (Å²) in [7, 11) is 1.84. The zero-order chi connectivity index (χ0) is 11.3. The third kappa shape index (κ3) is 4.39. The number of amides is 1. The van der Waals surface area contributed by atoms with Gasteiger partial charge in [0, 0.05) is 13.1 Å². The molecule has 2 N–H and O–H groups in total. The van der Waals surface area contributed by atoms with E-state index in [0.717, 1.165) is 12.1 Å². The van der Waals surface area contributed by atoms with Crippen molar-refractivity contribution in [2.45, 2.75) is 6.92 Å². The van der Waals surface area contributed by atoms with E-state index in [1.807, 2.05) is 20.0 Å². The van der Waals surface area contributed by atoms with E-state index in [1.54, 1.807) is 12.1 Å². The van der Waals surface area contributed by atoms with Crippen LogP contribution < -0.4 is 10.6 Å². The van der Waals surface area contributed by atoms with Crippen LogP contribution in [-0.4, -0.2) is 26.0 Å². The molecule has 0 radical (unpaired) electrons. The summed E-state index contributed by atoms with van der Waals surface area (Å²) in [6.07, 6.45) is 0. The minimum Gasteiger partial charge on any atom is -0.351 e. The Kier molecular flexibility index (Phi) is 7.13. The highest BCUT2D eigenvalue weighted by atomic mass is 35.5. The number of carbonyl (C=O) groups excluding carboxylic acids is 1. The van der Waals surface area contributed by atoms with Gasteiger partial charge in [0.25, 0.3) is 5.91 Å². The van der Waals surface area contributed by atoms with Gasteiger partial charge in [0.15, 0.2) is 0 Å². The maximum atomic E-state index is 11.6. The molecular weight excluding hydrogens is 247 g/mol. The molecule has 1 amide bonds. The van der Waals surface area contributed by atoms with Crippen LogP contribution in [0.1, 0.15) is 15.9 Å². The fraction of sp³-hybridized carbons (Fsp3) is 0.364. The maximum absolute atomic E-state index is 11.6. The molecular formula is C11H16Cl2N2O. The molecule has 1 aromatic rings. The molecule has 3 nitrogen and oxygen atoms in total. The van der Waals surface area contributed by atoms with Crippen molar-refractivity contribution in [1.82, 2.24) is 10.6 Å². The van der Waals surface area contributed by atoms with Gasteiger partial charge in [-0.2, -0.15) is 0 Å². The van der Waals surface area contributed by atoms with Crippen LogP contribution in [0.2, 0.25) is 5.02 Å². The first-order chi connectivity index (χ1) is 7.15. The van der Waals surface area contributed by atoms with Gasteiger partial charge in [-0.1, -0.05) is 17.7 Å². The Labute approximate surface area is 107 Å². The molecule has 0 spiro atoms. The molecule has 0 aliphatic carbocycles. The lowest BCUT2D eigenvalue weighted by molar-refractivity contribution is 0.0954. The molecule has 0 unspecified atom stereocenters. The molecule has 0 aliphatic rings. The SMILES string of the molecule is CNCCNC(=O)c1ccc(C)cc1Cl.Cl. The largest absolute Gasteiger partial charge is 0.351 e. The van der Waals surface area contributed by atoms with Crippen LogP contribution in [0.15, 0.2) is 18.2 Å². The molecule has 0 aromatic heterocycles. The summed E-state index contributed by atoms with van der Waals surface area (Å²) in [6.45, 7) is 3.28. The van der Waals surface area contributed by atoms with Gasteiger partial charge in [0.1, 0.15) is 0 Å². The van der Waals surface area contributed by atoms with E-state index >= 15 is 0 Å². The Bertz CT molecular complexity index is 356. The summed E-state index contributed by atoms with van der Waals surface area (Å²) in [5, 5.41) is 6.22. The Morgan fingerprint density at radius 1 is 1.38 bits per heavy atom. The van der Waals surface area contributed by atoms with Crippen molar-refractivity contribution >= 4 is 29.9 Å².